The highest BCUT2D eigenvalue weighted by Gasteiger charge is 2.33. The van der Waals surface area contributed by atoms with Crippen molar-refractivity contribution in [2.75, 3.05) is 26.2 Å². The predicted molar refractivity (Wildman–Crippen MR) is 90.2 cm³/mol. The molecule has 0 aromatic rings. The summed E-state index contributed by atoms with van der Waals surface area (Å²) in [6.45, 7) is 4.02. The van der Waals surface area contributed by atoms with E-state index in [1.807, 2.05) is 0 Å². The van der Waals surface area contributed by atoms with Crippen LogP contribution in [0, 0.1) is 5.92 Å². The number of amides is 1. The zero-order valence-electron chi connectivity index (χ0n) is 12.7. The Hall–Kier alpha value is -0.0300. The molecule has 6 heteroatoms. The number of halogens is 2. The first-order valence-corrected chi connectivity index (χ1v) is 8.02. The van der Waals surface area contributed by atoms with Crippen molar-refractivity contribution in [2.24, 2.45) is 11.7 Å². The van der Waals surface area contributed by atoms with E-state index in [2.05, 4.69) is 9.80 Å². The molecule has 4 nitrogen and oxygen atoms in total. The quantitative estimate of drug-likeness (QED) is 0.838. The maximum atomic E-state index is 12.5. The van der Waals surface area contributed by atoms with Crippen LogP contribution in [0.2, 0.25) is 0 Å². The van der Waals surface area contributed by atoms with E-state index >= 15 is 0 Å². The number of carbonyl (C=O) groups is 1. The van der Waals surface area contributed by atoms with Crippen molar-refractivity contribution in [2.45, 2.75) is 57.0 Å². The molecule has 21 heavy (non-hydrogen) atoms. The highest BCUT2D eigenvalue weighted by Crippen LogP contribution is 2.28. The molecule has 3 rings (SSSR count). The second-order valence-electron chi connectivity index (χ2n) is 6.57. The molecular formula is C15H29Cl2N3O. The molecule has 2 atom stereocenters. The number of piperazine rings is 1. The third-order valence-corrected chi connectivity index (χ3v) is 5.28. The minimum atomic E-state index is 0. The number of rotatable bonds is 2. The maximum absolute atomic E-state index is 12.5. The molecule has 1 heterocycles. The van der Waals surface area contributed by atoms with E-state index in [0.717, 1.165) is 57.9 Å². The Morgan fingerprint density at radius 2 is 1.52 bits per heavy atom. The summed E-state index contributed by atoms with van der Waals surface area (Å²) in [6, 6.07) is 1.07. The van der Waals surface area contributed by atoms with Crippen LogP contribution in [0.15, 0.2) is 0 Å². The van der Waals surface area contributed by atoms with Gasteiger partial charge in [-0.25, -0.2) is 0 Å². The molecule has 2 aliphatic carbocycles. The van der Waals surface area contributed by atoms with Crippen molar-refractivity contribution in [1.29, 1.82) is 0 Å². The van der Waals surface area contributed by atoms with E-state index in [1.54, 1.807) is 0 Å². The zero-order valence-corrected chi connectivity index (χ0v) is 14.3. The smallest absolute Gasteiger partial charge is 0.225 e. The monoisotopic (exact) mass is 337 g/mol. The average molecular weight is 338 g/mol. The lowest BCUT2D eigenvalue weighted by Gasteiger charge is -2.43. The fourth-order valence-corrected chi connectivity index (χ4v) is 3.77. The Morgan fingerprint density at radius 1 is 0.905 bits per heavy atom. The first-order chi connectivity index (χ1) is 9.24. The fourth-order valence-electron chi connectivity index (χ4n) is 3.77. The second kappa shape index (κ2) is 8.56. The zero-order chi connectivity index (χ0) is 13.2. The van der Waals surface area contributed by atoms with E-state index < -0.39 is 0 Å². The Morgan fingerprint density at radius 3 is 2.05 bits per heavy atom. The Labute approximate surface area is 140 Å². The van der Waals surface area contributed by atoms with Crippen molar-refractivity contribution in [3.63, 3.8) is 0 Å². The predicted octanol–water partition coefficient (Wildman–Crippen LogP) is 2.04. The Bertz CT molecular complexity index is 331. The molecule has 1 saturated heterocycles. The summed E-state index contributed by atoms with van der Waals surface area (Å²) in [6.07, 6.45) is 8.30. The summed E-state index contributed by atoms with van der Waals surface area (Å²) in [7, 11) is 0. The molecule has 2 N–H and O–H groups in total. The number of nitrogens with zero attached hydrogens (tertiary/aromatic N) is 2. The highest BCUT2D eigenvalue weighted by molar-refractivity contribution is 5.85. The van der Waals surface area contributed by atoms with Gasteiger partial charge in [0.15, 0.2) is 0 Å². The summed E-state index contributed by atoms with van der Waals surface area (Å²) >= 11 is 0. The van der Waals surface area contributed by atoms with Gasteiger partial charge in [0.1, 0.15) is 0 Å². The number of nitrogens with two attached hydrogens (primary N) is 1. The van der Waals surface area contributed by atoms with Gasteiger partial charge in [-0.3, -0.25) is 9.69 Å². The van der Waals surface area contributed by atoms with Gasteiger partial charge in [0.25, 0.3) is 0 Å². The lowest BCUT2D eigenvalue weighted by Crippen LogP contribution is -2.55. The van der Waals surface area contributed by atoms with Crippen LogP contribution in [0.5, 0.6) is 0 Å². The molecule has 0 spiro atoms. The standard InChI is InChI=1S/C15H27N3O.2ClH/c16-13-4-1-3-12(11-13)15(19)18-9-7-17(8-10-18)14-5-2-6-14;;/h12-14H,1-11,16H2;2*1H. The van der Waals surface area contributed by atoms with Gasteiger partial charge in [-0.1, -0.05) is 12.8 Å². The molecule has 2 saturated carbocycles. The molecule has 0 aromatic carbocycles. The minimum absolute atomic E-state index is 0. The molecule has 1 amide bonds. The van der Waals surface area contributed by atoms with Crippen LogP contribution in [-0.2, 0) is 4.79 Å². The Balaban J connectivity index is 0.00000110. The summed E-state index contributed by atoms with van der Waals surface area (Å²) < 4.78 is 0. The summed E-state index contributed by atoms with van der Waals surface area (Å²) in [5.74, 6) is 0.586. The van der Waals surface area contributed by atoms with Gasteiger partial charge in [0, 0.05) is 44.2 Å². The van der Waals surface area contributed by atoms with Crippen molar-refractivity contribution < 1.29 is 4.79 Å². The first kappa shape index (κ1) is 19.0. The minimum Gasteiger partial charge on any atom is -0.340 e. The van der Waals surface area contributed by atoms with Crippen molar-refractivity contribution in [3.8, 4) is 0 Å². The summed E-state index contributed by atoms with van der Waals surface area (Å²) in [5, 5.41) is 0. The average Bonchev–Trinajstić information content (AvgIpc) is 2.37. The largest absolute Gasteiger partial charge is 0.340 e. The van der Waals surface area contributed by atoms with E-state index in [9.17, 15) is 4.79 Å². The third kappa shape index (κ3) is 4.47. The van der Waals surface area contributed by atoms with Gasteiger partial charge in [-0.05, 0) is 32.1 Å². The second-order valence-corrected chi connectivity index (χ2v) is 6.57. The normalized spacial score (nSPS) is 30.8. The fraction of sp³-hybridized carbons (Fsp3) is 0.933. The SMILES string of the molecule is Cl.Cl.NC1CCCC(C(=O)N2CCN(C3CCC3)CC2)C1. The van der Waals surface area contributed by atoms with Gasteiger partial charge in [0.05, 0.1) is 0 Å². The topological polar surface area (TPSA) is 49.6 Å². The van der Waals surface area contributed by atoms with Gasteiger partial charge in [-0.2, -0.15) is 0 Å². The van der Waals surface area contributed by atoms with Gasteiger partial charge < -0.3 is 10.6 Å². The van der Waals surface area contributed by atoms with Crippen molar-refractivity contribution in [3.05, 3.63) is 0 Å². The molecule has 0 bridgehead atoms. The molecule has 0 aromatic heterocycles. The van der Waals surface area contributed by atoms with Gasteiger partial charge >= 0.3 is 0 Å². The third-order valence-electron chi connectivity index (χ3n) is 5.28. The van der Waals surface area contributed by atoms with Crippen LogP contribution in [0.4, 0.5) is 0 Å². The summed E-state index contributed by atoms with van der Waals surface area (Å²) in [4.78, 5) is 17.2. The Kier molecular flexibility index (Phi) is 7.75. The number of hydrogen-bond donors (Lipinski definition) is 1. The molecule has 124 valence electrons. The number of carbonyl (C=O) groups excluding carboxylic acids is 1. The van der Waals surface area contributed by atoms with Crippen LogP contribution in [0.25, 0.3) is 0 Å². The lowest BCUT2D eigenvalue weighted by molar-refractivity contribution is -0.139. The van der Waals surface area contributed by atoms with E-state index in [4.69, 9.17) is 5.73 Å². The molecule has 1 aliphatic heterocycles. The molecule has 3 fully saturated rings. The highest BCUT2D eigenvalue weighted by atomic mass is 35.5. The molecular weight excluding hydrogens is 309 g/mol. The van der Waals surface area contributed by atoms with Gasteiger partial charge in [-0.15, -0.1) is 24.8 Å². The molecule has 2 unspecified atom stereocenters. The van der Waals surface area contributed by atoms with E-state index in [1.165, 1.54) is 19.3 Å². The summed E-state index contributed by atoms with van der Waals surface area (Å²) in [5.41, 5.74) is 6.00. The van der Waals surface area contributed by atoms with Crippen LogP contribution >= 0.6 is 24.8 Å². The number of hydrogen-bond acceptors (Lipinski definition) is 3. The van der Waals surface area contributed by atoms with Gasteiger partial charge in [0.2, 0.25) is 5.91 Å². The van der Waals surface area contributed by atoms with Crippen LogP contribution < -0.4 is 5.73 Å². The van der Waals surface area contributed by atoms with Crippen molar-refractivity contribution >= 4 is 30.7 Å². The first-order valence-electron chi connectivity index (χ1n) is 8.02. The van der Waals surface area contributed by atoms with Crippen molar-refractivity contribution in [1.82, 2.24) is 9.80 Å². The van der Waals surface area contributed by atoms with E-state index in [0.29, 0.717) is 5.91 Å². The van der Waals surface area contributed by atoms with Crippen LogP contribution in [0.3, 0.4) is 0 Å². The molecule has 0 radical (unpaired) electrons. The van der Waals surface area contributed by atoms with Crippen LogP contribution in [0.1, 0.15) is 44.9 Å². The van der Waals surface area contributed by atoms with Crippen LogP contribution in [-0.4, -0.2) is 54.0 Å². The lowest BCUT2D eigenvalue weighted by atomic mass is 9.85. The molecule has 3 aliphatic rings. The maximum Gasteiger partial charge on any atom is 0.225 e. The van der Waals surface area contributed by atoms with E-state index in [-0.39, 0.29) is 36.8 Å².